The van der Waals surface area contributed by atoms with Gasteiger partial charge in [-0.15, -0.1) is 0 Å². The summed E-state index contributed by atoms with van der Waals surface area (Å²) in [5.74, 6) is 0.238. The third-order valence-corrected chi connectivity index (χ3v) is 3.34. The molecular weight excluding hydrogens is 214 g/mol. The molecule has 3 nitrogen and oxygen atoms in total. The highest BCUT2D eigenvalue weighted by molar-refractivity contribution is 5.78. The molecule has 0 radical (unpaired) electrons. The molecule has 1 aliphatic carbocycles. The first-order valence-corrected chi connectivity index (χ1v) is 6.76. The molecule has 3 heteroatoms. The molecule has 0 saturated carbocycles. The van der Waals surface area contributed by atoms with E-state index >= 15 is 0 Å². The Kier molecular flexibility index (Phi) is 6.94. The van der Waals surface area contributed by atoms with Crippen molar-refractivity contribution in [2.75, 3.05) is 20.2 Å². The van der Waals surface area contributed by atoms with Crippen LogP contribution in [0.5, 0.6) is 0 Å². The van der Waals surface area contributed by atoms with Crippen LogP contribution in [0.2, 0.25) is 0 Å². The summed E-state index contributed by atoms with van der Waals surface area (Å²) < 4.78 is 0. The van der Waals surface area contributed by atoms with Gasteiger partial charge in [-0.05, 0) is 44.9 Å². The number of rotatable bonds is 7. The topological polar surface area (TPSA) is 40.5 Å². The summed E-state index contributed by atoms with van der Waals surface area (Å²) in [6.45, 7) is 1.07. The summed E-state index contributed by atoms with van der Waals surface area (Å²) in [5, 5.41) is 8.67. The smallest absolute Gasteiger partial charge is 0.226 e. The summed E-state index contributed by atoms with van der Waals surface area (Å²) in [7, 11) is 1.88. The minimum Gasteiger partial charge on any atom is -0.396 e. The second kappa shape index (κ2) is 8.29. The van der Waals surface area contributed by atoms with E-state index in [9.17, 15) is 4.79 Å². The van der Waals surface area contributed by atoms with Crippen LogP contribution in [0.4, 0.5) is 0 Å². The van der Waals surface area contributed by atoms with Gasteiger partial charge in [-0.25, -0.2) is 0 Å². The molecule has 0 bridgehead atoms. The molecule has 0 heterocycles. The summed E-state index contributed by atoms with van der Waals surface area (Å²) in [6.07, 6.45) is 10.4. The van der Waals surface area contributed by atoms with Gasteiger partial charge in [0.2, 0.25) is 5.91 Å². The van der Waals surface area contributed by atoms with E-state index in [1.54, 1.807) is 0 Å². The first-order valence-electron chi connectivity index (χ1n) is 6.76. The lowest BCUT2D eigenvalue weighted by Crippen LogP contribution is -2.28. The zero-order valence-electron chi connectivity index (χ0n) is 11.0. The standard InChI is InChI=1S/C14H25NO2/c1-15(10-6-3-7-11-16)14(17)12-13-8-4-2-5-9-13/h8,16H,2-7,9-12H2,1H3. The van der Waals surface area contributed by atoms with E-state index in [4.69, 9.17) is 5.11 Å². The second-order valence-electron chi connectivity index (χ2n) is 4.88. The largest absolute Gasteiger partial charge is 0.396 e. The number of hydrogen-bond donors (Lipinski definition) is 1. The molecule has 0 aliphatic heterocycles. The lowest BCUT2D eigenvalue weighted by atomic mass is 9.97. The van der Waals surface area contributed by atoms with E-state index in [-0.39, 0.29) is 12.5 Å². The average Bonchev–Trinajstić information content (AvgIpc) is 2.35. The van der Waals surface area contributed by atoms with E-state index in [0.717, 1.165) is 38.6 Å². The third-order valence-electron chi connectivity index (χ3n) is 3.34. The van der Waals surface area contributed by atoms with Crippen molar-refractivity contribution in [2.45, 2.75) is 51.4 Å². The Labute approximate surface area is 105 Å². The molecular formula is C14H25NO2. The zero-order chi connectivity index (χ0) is 12.5. The molecule has 0 saturated heterocycles. The average molecular weight is 239 g/mol. The van der Waals surface area contributed by atoms with Gasteiger partial charge in [-0.3, -0.25) is 4.79 Å². The number of carbonyl (C=O) groups excluding carboxylic acids is 1. The van der Waals surface area contributed by atoms with Gasteiger partial charge in [0, 0.05) is 26.6 Å². The molecule has 0 spiro atoms. The van der Waals surface area contributed by atoms with Crippen molar-refractivity contribution in [1.29, 1.82) is 0 Å². The molecule has 0 aromatic carbocycles. The van der Waals surface area contributed by atoms with Gasteiger partial charge >= 0.3 is 0 Å². The van der Waals surface area contributed by atoms with E-state index in [1.165, 1.54) is 18.4 Å². The van der Waals surface area contributed by atoms with Crippen molar-refractivity contribution >= 4 is 5.91 Å². The van der Waals surface area contributed by atoms with Crippen LogP contribution < -0.4 is 0 Å². The fourth-order valence-corrected chi connectivity index (χ4v) is 2.16. The summed E-state index contributed by atoms with van der Waals surface area (Å²) in [4.78, 5) is 13.7. The van der Waals surface area contributed by atoms with Gasteiger partial charge in [0.1, 0.15) is 0 Å². The minimum atomic E-state index is 0.238. The molecule has 0 fully saturated rings. The van der Waals surface area contributed by atoms with E-state index < -0.39 is 0 Å². The lowest BCUT2D eigenvalue weighted by Gasteiger charge is -2.19. The normalized spacial score (nSPS) is 15.5. The number of aliphatic hydroxyl groups excluding tert-OH is 1. The number of carbonyl (C=O) groups is 1. The fraction of sp³-hybridized carbons (Fsp3) is 0.786. The zero-order valence-corrected chi connectivity index (χ0v) is 11.0. The molecule has 98 valence electrons. The first-order chi connectivity index (χ1) is 8.24. The van der Waals surface area contributed by atoms with Gasteiger partial charge in [0.15, 0.2) is 0 Å². The number of allylic oxidation sites excluding steroid dienone is 1. The monoisotopic (exact) mass is 239 g/mol. The van der Waals surface area contributed by atoms with Gasteiger partial charge in [0.05, 0.1) is 0 Å². The molecule has 1 N–H and O–H groups in total. The summed E-state index contributed by atoms with van der Waals surface area (Å²) in [5.41, 5.74) is 1.32. The fourth-order valence-electron chi connectivity index (χ4n) is 2.16. The van der Waals surface area contributed by atoms with E-state index in [1.807, 2.05) is 11.9 Å². The SMILES string of the molecule is CN(CCCCCO)C(=O)CC1=CCCCC1. The van der Waals surface area contributed by atoms with Crippen molar-refractivity contribution in [1.82, 2.24) is 4.90 Å². The molecule has 1 aliphatic rings. The summed E-state index contributed by atoms with van der Waals surface area (Å²) in [6, 6.07) is 0. The number of unbranched alkanes of at least 4 members (excludes halogenated alkanes) is 2. The van der Waals surface area contributed by atoms with Crippen LogP contribution in [0.3, 0.4) is 0 Å². The number of nitrogens with zero attached hydrogens (tertiary/aromatic N) is 1. The Bertz CT molecular complexity index is 261. The Hall–Kier alpha value is -0.830. The van der Waals surface area contributed by atoms with Gasteiger partial charge in [0.25, 0.3) is 0 Å². The molecule has 0 atom stereocenters. The van der Waals surface area contributed by atoms with Crippen LogP contribution >= 0.6 is 0 Å². The maximum Gasteiger partial charge on any atom is 0.226 e. The predicted octanol–water partition coefficient (Wildman–Crippen LogP) is 2.50. The highest BCUT2D eigenvalue weighted by Gasteiger charge is 2.12. The molecule has 1 amide bonds. The Morgan fingerprint density at radius 3 is 2.82 bits per heavy atom. The van der Waals surface area contributed by atoms with E-state index in [2.05, 4.69) is 6.08 Å². The van der Waals surface area contributed by atoms with Crippen LogP contribution in [-0.2, 0) is 4.79 Å². The third kappa shape index (κ3) is 5.87. The van der Waals surface area contributed by atoms with Crippen LogP contribution in [0.15, 0.2) is 11.6 Å². The highest BCUT2D eigenvalue weighted by atomic mass is 16.2. The number of amides is 1. The highest BCUT2D eigenvalue weighted by Crippen LogP contribution is 2.20. The van der Waals surface area contributed by atoms with Crippen molar-refractivity contribution in [3.63, 3.8) is 0 Å². The van der Waals surface area contributed by atoms with Crippen LogP contribution in [-0.4, -0.2) is 36.1 Å². The maximum atomic E-state index is 11.9. The maximum absolute atomic E-state index is 11.9. The lowest BCUT2D eigenvalue weighted by molar-refractivity contribution is -0.129. The molecule has 0 aromatic rings. The quantitative estimate of drug-likeness (QED) is 0.548. The second-order valence-corrected chi connectivity index (χ2v) is 4.88. The van der Waals surface area contributed by atoms with Crippen molar-refractivity contribution < 1.29 is 9.90 Å². The molecule has 1 rings (SSSR count). The van der Waals surface area contributed by atoms with Gasteiger partial charge in [-0.2, -0.15) is 0 Å². The summed E-state index contributed by atoms with van der Waals surface area (Å²) >= 11 is 0. The number of hydrogen-bond acceptors (Lipinski definition) is 2. The van der Waals surface area contributed by atoms with Crippen LogP contribution in [0.1, 0.15) is 51.4 Å². The predicted molar refractivity (Wildman–Crippen MR) is 69.7 cm³/mol. The first kappa shape index (κ1) is 14.2. The van der Waals surface area contributed by atoms with Crippen LogP contribution in [0.25, 0.3) is 0 Å². The van der Waals surface area contributed by atoms with E-state index in [0.29, 0.717) is 6.42 Å². The van der Waals surface area contributed by atoms with Gasteiger partial charge in [-0.1, -0.05) is 11.6 Å². The Balaban J connectivity index is 2.19. The van der Waals surface area contributed by atoms with Crippen molar-refractivity contribution in [3.8, 4) is 0 Å². The van der Waals surface area contributed by atoms with Crippen molar-refractivity contribution in [3.05, 3.63) is 11.6 Å². The molecule has 0 aromatic heterocycles. The molecule has 17 heavy (non-hydrogen) atoms. The van der Waals surface area contributed by atoms with Crippen LogP contribution in [0, 0.1) is 0 Å². The number of aliphatic hydroxyl groups is 1. The van der Waals surface area contributed by atoms with Crippen molar-refractivity contribution in [2.24, 2.45) is 0 Å². The van der Waals surface area contributed by atoms with Gasteiger partial charge < -0.3 is 10.0 Å². The Morgan fingerprint density at radius 2 is 2.18 bits per heavy atom. The minimum absolute atomic E-state index is 0.238. The molecule has 0 unspecified atom stereocenters. The Morgan fingerprint density at radius 1 is 1.35 bits per heavy atom.